The molecule has 0 aliphatic carbocycles. The maximum atomic E-state index is 5.46. The lowest BCUT2D eigenvalue weighted by atomic mass is 10.2. The number of benzene rings is 1. The van der Waals surface area contributed by atoms with Crippen molar-refractivity contribution in [1.29, 1.82) is 0 Å². The molecule has 0 aliphatic heterocycles. The van der Waals surface area contributed by atoms with Crippen LogP contribution in [0.3, 0.4) is 0 Å². The summed E-state index contributed by atoms with van der Waals surface area (Å²) in [5.41, 5.74) is 3.62. The summed E-state index contributed by atoms with van der Waals surface area (Å²) < 4.78 is 2.70. The molecule has 2 heterocycles. The van der Waals surface area contributed by atoms with Gasteiger partial charge in [-0.05, 0) is 47.6 Å². The molecule has 7 heteroatoms. The van der Waals surface area contributed by atoms with Crippen LogP contribution in [0.15, 0.2) is 41.1 Å². The molecule has 2 N–H and O–H groups in total. The molecule has 0 radical (unpaired) electrons. The Labute approximate surface area is 149 Å². The van der Waals surface area contributed by atoms with Crippen molar-refractivity contribution in [3.63, 3.8) is 0 Å². The molecule has 0 bridgehead atoms. The molecule has 4 nitrogen and oxygen atoms in total. The Balaban J connectivity index is 1.68. The number of hydrogen-bond acceptors (Lipinski definition) is 5. The second kappa shape index (κ2) is 7.35. The minimum Gasteiger partial charge on any atom is -0.330 e. The monoisotopic (exact) mass is 363 g/mol. The van der Waals surface area contributed by atoms with Crippen LogP contribution in [0.5, 0.6) is 0 Å². The number of thiophene rings is 1. The number of para-hydroxylation sites is 1. The normalized spacial score (nSPS) is 12.3. The molecule has 2 aromatic heterocycles. The van der Waals surface area contributed by atoms with Crippen molar-refractivity contribution >= 4 is 45.7 Å². The van der Waals surface area contributed by atoms with Crippen LogP contribution in [-0.2, 0) is 13.2 Å². The Hall–Kier alpha value is -1.54. The van der Waals surface area contributed by atoms with Gasteiger partial charge < -0.3 is 10.2 Å². The highest BCUT2D eigenvalue weighted by Gasteiger charge is 2.10. The lowest BCUT2D eigenvalue weighted by Crippen LogP contribution is -3.06. The molecule has 0 saturated carbocycles. The molecule has 3 aromatic rings. The summed E-state index contributed by atoms with van der Waals surface area (Å²) in [6, 6.07) is 10.4. The van der Waals surface area contributed by atoms with Gasteiger partial charge in [-0.2, -0.15) is 16.0 Å². The van der Waals surface area contributed by atoms with E-state index >= 15 is 0 Å². The molecule has 1 unspecified atom stereocenters. The van der Waals surface area contributed by atoms with Gasteiger partial charge in [-0.3, -0.25) is 0 Å². The predicted molar refractivity (Wildman–Crippen MR) is 100 cm³/mol. The van der Waals surface area contributed by atoms with Crippen LogP contribution >= 0.6 is 34.9 Å². The summed E-state index contributed by atoms with van der Waals surface area (Å²) in [5.74, 6) is 0. The zero-order chi connectivity index (χ0) is 16.2. The van der Waals surface area contributed by atoms with Crippen molar-refractivity contribution in [3.05, 3.63) is 56.2 Å². The SMILES string of the molecule is Cc1ccccc1Nc1nn(C[NH+](C)Cc2ccsc2)c(=S)s1. The molecule has 0 saturated heterocycles. The van der Waals surface area contributed by atoms with E-state index < -0.39 is 0 Å². The van der Waals surface area contributed by atoms with E-state index in [2.05, 4.69) is 53.3 Å². The first-order valence-corrected chi connectivity index (χ1v) is 9.51. The van der Waals surface area contributed by atoms with Gasteiger partial charge in [-0.25, -0.2) is 0 Å². The zero-order valence-corrected chi connectivity index (χ0v) is 15.5. The van der Waals surface area contributed by atoms with Crippen LogP contribution in [0.1, 0.15) is 11.1 Å². The average Bonchev–Trinajstić information content (AvgIpc) is 3.12. The number of aryl methyl sites for hydroxylation is 1. The van der Waals surface area contributed by atoms with Gasteiger partial charge in [-0.1, -0.05) is 29.5 Å². The summed E-state index contributed by atoms with van der Waals surface area (Å²) in [4.78, 5) is 1.35. The topological polar surface area (TPSA) is 34.3 Å². The average molecular weight is 364 g/mol. The Bertz CT molecular complexity index is 820. The highest BCUT2D eigenvalue weighted by Crippen LogP contribution is 2.22. The zero-order valence-electron chi connectivity index (χ0n) is 13.1. The van der Waals surface area contributed by atoms with E-state index in [9.17, 15) is 0 Å². The van der Waals surface area contributed by atoms with E-state index in [0.717, 1.165) is 28.0 Å². The second-order valence-corrected chi connectivity index (χ2v) is 7.94. The number of hydrogen-bond donors (Lipinski definition) is 2. The number of anilines is 2. The van der Waals surface area contributed by atoms with E-state index in [1.807, 2.05) is 16.8 Å². The van der Waals surface area contributed by atoms with Gasteiger partial charge in [0.25, 0.3) is 0 Å². The number of nitrogens with zero attached hydrogens (tertiary/aromatic N) is 2. The lowest BCUT2D eigenvalue weighted by molar-refractivity contribution is -0.917. The fraction of sp³-hybridized carbons (Fsp3) is 0.250. The highest BCUT2D eigenvalue weighted by molar-refractivity contribution is 7.73. The van der Waals surface area contributed by atoms with E-state index in [1.165, 1.54) is 27.4 Å². The van der Waals surface area contributed by atoms with Gasteiger partial charge in [0, 0.05) is 11.3 Å². The second-order valence-electron chi connectivity index (χ2n) is 5.54. The molecule has 1 atom stereocenters. The van der Waals surface area contributed by atoms with Crippen LogP contribution in [-0.4, -0.2) is 16.8 Å². The largest absolute Gasteiger partial charge is 0.330 e. The van der Waals surface area contributed by atoms with Gasteiger partial charge in [0.05, 0.1) is 7.05 Å². The molecule has 0 spiro atoms. The highest BCUT2D eigenvalue weighted by atomic mass is 32.1. The Morgan fingerprint density at radius 1 is 1.30 bits per heavy atom. The first kappa shape index (κ1) is 16.3. The molecular weight excluding hydrogens is 344 g/mol. The van der Waals surface area contributed by atoms with Crippen LogP contribution in [0, 0.1) is 10.9 Å². The van der Waals surface area contributed by atoms with Gasteiger partial charge in [0.1, 0.15) is 6.54 Å². The van der Waals surface area contributed by atoms with E-state index in [-0.39, 0.29) is 0 Å². The minimum atomic E-state index is 0.765. The molecule has 120 valence electrons. The summed E-state index contributed by atoms with van der Waals surface area (Å²) in [6.45, 7) is 3.82. The van der Waals surface area contributed by atoms with Gasteiger partial charge in [0.15, 0.2) is 10.6 Å². The predicted octanol–water partition coefficient (Wildman–Crippen LogP) is 3.46. The third kappa shape index (κ3) is 4.26. The van der Waals surface area contributed by atoms with Crippen LogP contribution < -0.4 is 10.2 Å². The van der Waals surface area contributed by atoms with Crippen molar-refractivity contribution in [1.82, 2.24) is 9.78 Å². The standard InChI is InChI=1S/C16H18N4S3/c1-12-5-3-4-6-14(12)17-15-18-20(16(21)23-15)11-19(2)9-13-7-8-22-10-13/h3-8,10H,9,11H2,1-2H3,(H,17,18)/p+1. The fourth-order valence-corrected chi connectivity index (χ4v) is 4.03. The number of aromatic nitrogens is 2. The molecule has 0 amide bonds. The third-order valence-corrected chi connectivity index (χ3v) is 5.45. The Kier molecular flexibility index (Phi) is 5.22. The quantitative estimate of drug-likeness (QED) is 0.658. The van der Waals surface area contributed by atoms with Gasteiger partial charge in [0.2, 0.25) is 5.13 Å². The fourth-order valence-electron chi connectivity index (χ4n) is 2.34. The number of nitrogens with one attached hydrogen (secondary N) is 2. The maximum absolute atomic E-state index is 5.46. The molecule has 0 fully saturated rings. The van der Waals surface area contributed by atoms with Crippen LogP contribution in [0.4, 0.5) is 10.8 Å². The summed E-state index contributed by atoms with van der Waals surface area (Å²) in [5, 5.41) is 13.1. The lowest BCUT2D eigenvalue weighted by Gasteiger charge is -2.12. The molecule has 0 aliphatic rings. The minimum absolute atomic E-state index is 0.765. The van der Waals surface area contributed by atoms with Crippen molar-refractivity contribution < 1.29 is 4.90 Å². The maximum Gasteiger partial charge on any atom is 0.209 e. The molecule has 3 rings (SSSR count). The van der Waals surface area contributed by atoms with Gasteiger partial charge >= 0.3 is 0 Å². The van der Waals surface area contributed by atoms with E-state index in [1.54, 1.807) is 11.3 Å². The van der Waals surface area contributed by atoms with Crippen molar-refractivity contribution in [2.75, 3.05) is 12.4 Å². The van der Waals surface area contributed by atoms with E-state index in [4.69, 9.17) is 12.2 Å². The number of quaternary nitrogens is 1. The number of rotatable bonds is 6. The first-order valence-electron chi connectivity index (χ1n) is 7.35. The Morgan fingerprint density at radius 2 is 2.13 bits per heavy atom. The smallest absolute Gasteiger partial charge is 0.209 e. The van der Waals surface area contributed by atoms with Crippen LogP contribution in [0.2, 0.25) is 0 Å². The molecule has 23 heavy (non-hydrogen) atoms. The Morgan fingerprint density at radius 3 is 2.87 bits per heavy atom. The van der Waals surface area contributed by atoms with Crippen molar-refractivity contribution in [2.45, 2.75) is 20.1 Å². The van der Waals surface area contributed by atoms with Gasteiger partial charge in [-0.15, -0.1) is 5.10 Å². The van der Waals surface area contributed by atoms with Crippen molar-refractivity contribution in [2.24, 2.45) is 0 Å². The summed E-state index contributed by atoms with van der Waals surface area (Å²) in [7, 11) is 2.16. The first-order chi connectivity index (χ1) is 11.1. The van der Waals surface area contributed by atoms with Crippen LogP contribution in [0.25, 0.3) is 0 Å². The molecular formula is C16H19N4S3+. The van der Waals surface area contributed by atoms with Crippen molar-refractivity contribution in [3.8, 4) is 0 Å². The molecule has 1 aromatic carbocycles. The summed E-state index contributed by atoms with van der Waals surface area (Å²) in [6.07, 6.45) is 0. The van der Waals surface area contributed by atoms with E-state index in [0.29, 0.717) is 0 Å². The summed E-state index contributed by atoms with van der Waals surface area (Å²) >= 11 is 8.70. The third-order valence-electron chi connectivity index (χ3n) is 3.50.